The molecule has 0 bridgehead atoms. The smallest absolute Gasteiger partial charge is 0.123 e. The lowest BCUT2D eigenvalue weighted by atomic mass is 9.95. The first kappa shape index (κ1) is 14.3. The van der Waals surface area contributed by atoms with Crippen LogP contribution in [-0.2, 0) is 13.1 Å². The second kappa shape index (κ2) is 6.39. The van der Waals surface area contributed by atoms with Gasteiger partial charge in [-0.15, -0.1) is 0 Å². The fraction of sp³-hybridized carbons (Fsp3) is 0.471. The van der Waals surface area contributed by atoms with Crippen LogP contribution in [0.2, 0.25) is 0 Å². The monoisotopic (exact) mass is 287 g/mol. The van der Waals surface area contributed by atoms with E-state index in [4.69, 9.17) is 0 Å². The molecule has 1 atom stereocenters. The largest absolute Gasteiger partial charge is 0.334 e. The van der Waals surface area contributed by atoms with Crippen molar-refractivity contribution in [2.75, 3.05) is 6.54 Å². The summed E-state index contributed by atoms with van der Waals surface area (Å²) in [6, 6.07) is 7.34. The quantitative estimate of drug-likeness (QED) is 0.853. The summed E-state index contributed by atoms with van der Waals surface area (Å²) in [5.41, 5.74) is 1.09. The molecule has 1 saturated heterocycles. The maximum absolute atomic E-state index is 13.5. The molecule has 0 saturated carbocycles. The summed E-state index contributed by atoms with van der Waals surface area (Å²) in [6.45, 7) is 4.96. The highest BCUT2D eigenvalue weighted by Gasteiger charge is 2.25. The minimum absolute atomic E-state index is 0.145. The van der Waals surface area contributed by atoms with Crippen molar-refractivity contribution in [1.29, 1.82) is 0 Å². The van der Waals surface area contributed by atoms with Gasteiger partial charge in [-0.1, -0.05) is 18.6 Å². The molecule has 0 amide bonds. The number of benzene rings is 1. The number of rotatable bonds is 4. The standard InChI is InChI=1S/C17H22FN3/c1-2-20-11-9-19-17(20)13-21-10-4-3-8-16(21)14-6-5-7-15(18)12-14/h5-7,9,11-12,16H,2-4,8,10,13H2,1H3. The molecule has 0 aliphatic carbocycles. The number of hydrogen-bond donors (Lipinski definition) is 0. The second-order valence-electron chi connectivity index (χ2n) is 5.67. The lowest BCUT2D eigenvalue weighted by Crippen LogP contribution is -2.33. The van der Waals surface area contributed by atoms with E-state index in [9.17, 15) is 4.39 Å². The fourth-order valence-corrected chi connectivity index (χ4v) is 3.23. The van der Waals surface area contributed by atoms with Crippen LogP contribution in [0.3, 0.4) is 0 Å². The van der Waals surface area contributed by atoms with Crippen molar-refractivity contribution in [3.63, 3.8) is 0 Å². The average Bonchev–Trinajstić information content (AvgIpc) is 2.95. The maximum atomic E-state index is 13.5. The van der Waals surface area contributed by atoms with Gasteiger partial charge >= 0.3 is 0 Å². The van der Waals surface area contributed by atoms with Gasteiger partial charge in [-0.05, 0) is 44.0 Å². The van der Waals surface area contributed by atoms with Crippen molar-refractivity contribution >= 4 is 0 Å². The first-order valence-electron chi connectivity index (χ1n) is 7.77. The molecule has 2 aromatic rings. The number of aromatic nitrogens is 2. The summed E-state index contributed by atoms with van der Waals surface area (Å²) in [4.78, 5) is 6.91. The summed E-state index contributed by atoms with van der Waals surface area (Å²) < 4.78 is 15.7. The third-order valence-corrected chi connectivity index (χ3v) is 4.33. The molecule has 1 aliphatic heterocycles. The molecule has 1 aromatic heterocycles. The summed E-state index contributed by atoms with van der Waals surface area (Å²) in [5.74, 6) is 0.953. The lowest BCUT2D eigenvalue weighted by Gasteiger charge is -2.35. The van der Waals surface area contributed by atoms with E-state index in [0.717, 1.165) is 37.4 Å². The average molecular weight is 287 g/mol. The Hall–Kier alpha value is -1.68. The van der Waals surface area contributed by atoms with Gasteiger partial charge in [-0.2, -0.15) is 0 Å². The number of piperidine rings is 1. The molecule has 4 heteroatoms. The Bertz CT molecular complexity index is 593. The molecular formula is C17H22FN3. The van der Waals surface area contributed by atoms with E-state index in [1.54, 1.807) is 6.07 Å². The van der Waals surface area contributed by atoms with Crippen molar-refractivity contribution in [3.05, 3.63) is 53.9 Å². The number of likely N-dealkylation sites (tertiary alicyclic amines) is 1. The molecule has 0 spiro atoms. The van der Waals surface area contributed by atoms with Crippen LogP contribution in [0.1, 0.15) is 43.6 Å². The Morgan fingerprint density at radius 3 is 3.05 bits per heavy atom. The molecule has 1 aromatic carbocycles. The Morgan fingerprint density at radius 1 is 1.33 bits per heavy atom. The van der Waals surface area contributed by atoms with Crippen LogP contribution in [0.15, 0.2) is 36.7 Å². The predicted molar refractivity (Wildman–Crippen MR) is 81.3 cm³/mol. The topological polar surface area (TPSA) is 21.1 Å². The third-order valence-electron chi connectivity index (χ3n) is 4.33. The summed E-state index contributed by atoms with van der Waals surface area (Å²) >= 11 is 0. The van der Waals surface area contributed by atoms with Crippen LogP contribution in [0, 0.1) is 5.82 Å². The van der Waals surface area contributed by atoms with E-state index in [1.165, 1.54) is 18.9 Å². The van der Waals surface area contributed by atoms with Gasteiger partial charge in [0.05, 0.1) is 6.54 Å². The van der Waals surface area contributed by atoms with Crippen LogP contribution in [0.4, 0.5) is 4.39 Å². The Balaban J connectivity index is 1.81. The van der Waals surface area contributed by atoms with Crippen molar-refractivity contribution in [1.82, 2.24) is 14.5 Å². The molecular weight excluding hydrogens is 265 g/mol. The van der Waals surface area contributed by atoms with Gasteiger partial charge in [0.25, 0.3) is 0 Å². The SMILES string of the molecule is CCn1ccnc1CN1CCCCC1c1cccc(F)c1. The van der Waals surface area contributed by atoms with Crippen LogP contribution in [0.25, 0.3) is 0 Å². The van der Waals surface area contributed by atoms with Crippen molar-refractivity contribution in [3.8, 4) is 0 Å². The molecule has 0 N–H and O–H groups in total. The third kappa shape index (κ3) is 3.16. The molecule has 1 fully saturated rings. The second-order valence-corrected chi connectivity index (χ2v) is 5.67. The van der Waals surface area contributed by atoms with E-state index in [0.29, 0.717) is 6.04 Å². The lowest BCUT2D eigenvalue weighted by molar-refractivity contribution is 0.135. The minimum Gasteiger partial charge on any atom is -0.334 e. The van der Waals surface area contributed by atoms with E-state index in [1.807, 2.05) is 24.5 Å². The van der Waals surface area contributed by atoms with E-state index in [2.05, 4.69) is 21.4 Å². The molecule has 3 nitrogen and oxygen atoms in total. The van der Waals surface area contributed by atoms with Gasteiger partial charge in [-0.25, -0.2) is 9.37 Å². The van der Waals surface area contributed by atoms with E-state index < -0.39 is 0 Å². The van der Waals surface area contributed by atoms with Gasteiger partial charge in [0.1, 0.15) is 11.6 Å². The van der Waals surface area contributed by atoms with Crippen molar-refractivity contribution in [2.24, 2.45) is 0 Å². The molecule has 2 heterocycles. The molecule has 3 rings (SSSR count). The Morgan fingerprint density at radius 2 is 2.24 bits per heavy atom. The number of imidazole rings is 1. The van der Waals surface area contributed by atoms with Gasteiger partial charge in [-0.3, -0.25) is 4.90 Å². The fourth-order valence-electron chi connectivity index (χ4n) is 3.23. The molecule has 1 aliphatic rings. The first-order chi connectivity index (χ1) is 10.3. The zero-order valence-corrected chi connectivity index (χ0v) is 12.5. The molecule has 21 heavy (non-hydrogen) atoms. The van der Waals surface area contributed by atoms with Crippen LogP contribution in [-0.4, -0.2) is 21.0 Å². The van der Waals surface area contributed by atoms with Crippen molar-refractivity contribution in [2.45, 2.75) is 45.3 Å². The van der Waals surface area contributed by atoms with Crippen LogP contribution in [0.5, 0.6) is 0 Å². The number of nitrogens with zero attached hydrogens (tertiary/aromatic N) is 3. The normalized spacial score (nSPS) is 19.8. The molecule has 0 radical (unpaired) electrons. The van der Waals surface area contributed by atoms with E-state index >= 15 is 0 Å². The zero-order chi connectivity index (χ0) is 14.7. The summed E-state index contributed by atoms with van der Waals surface area (Å²) in [5, 5.41) is 0. The molecule has 1 unspecified atom stereocenters. The van der Waals surface area contributed by atoms with Gasteiger partial charge < -0.3 is 4.57 Å². The van der Waals surface area contributed by atoms with Gasteiger partial charge in [0, 0.05) is 25.0 Å². The van der Waals surface area contributed by atoms with Crippen LogP contribution < -0.4 is 0 Å². The van der Waals surface area contributed by atoms with E-state index in [-0.39, 0.29) is 5.82 Å². The van der Waals surface area contributed by atoms with Gasteiger partial charge in [0.2, 0.25) is 0 Å². The Labute approximate surface area is 125 Å². The molecule has 112 valence electrons. The number of aryl methyl sites for hydroxylation is 1. The maximum Gasteiger partial charge on any atom is 0.123 e. The Kier molecular flexibility index (Phi) is 4.34. The highest BCUT2D eigenvalue weighted by Crippen LogP contribution is 2.32. The number of hydrogen-bond acceptors (Lipinski definition) is 2. The summed E-state index contributed by atoms with van der Waals surface area (Å²) in [7, 11) is 0. The van der Waals surface area contributed by atoms with Gasteiger partial charge in [0.15, 0.2) is 0 Å². The highest BCUT2D eigenvalue weighted by atomic mass is 19.1. The zero-order valence-electron chi connectivity index (χ0n) is 12.5. The first-order valence-corrected chi connectivity index (χ1v) is 7.77. The summed E-state index contributed by atoms with van der Waals surface area (Å²) in [6.07, 6.45) is 7.39. The van der Waals surface area contributed by atoms with Crippen LogP contribution >= 0.6 is 0 Å². The number of halogens is 1. The van der Waals surface area contributed by atoms with Crippen molar-refractivity contribution < 1.29 is 4.39 Å². The highest BCUT2D eigenvalue weighted by molar-refractivity contribution is 5.21. The predicted octanol–water partition coefficient (Wildman–Crippen LogP) is 3.77. The minimum atomic E-state index is -0.145.